The molecule has 1 N–H and O–H groups in total. The summed E-state index contributed by atoms with van der Waals surface area (Å²) in [6, 6.07) is 11.7. The van der Waals surface area contributed by atoms with E-state index in [9.17, 15) is 0 Å². The van der Waals surface area contributed by atoms with Gasteiger partial charge in [0.25, 0.3) is 0 Å². The molecular formula is C16H20N2S. The van der Waals surface area contributed by atoms with Gasteiger partial charge < -0.3 is 5.32 Å². The van der Waals surface area contributed by atoms with Crippen LogP contribution >= 0.6 is 11.3 Å². The molecule has 2 nitrogen and oxygen atoms in total. The Hall–Kier alpha value is -1.32. The molecule has 19 heavy (non-hydrogen) atoms. The molecule has 2 heterocycles. The fourth-order valence-corrected chi connectivity index (χ4v) is 3.46. The van der Waals surface area contributed by atoms with Crippen LogP contribution in [-0.4, -0.2) is 18.5 Å². The van der Waals surface area contributed by atoms with Crippen molar-refractivity contribution in [1.29, 1.82) is 0 Å². The second kappa shape index (κ2) is 5.35. The zero-order valence-electron chi connectivity index (χ0n) is 11.5. The van der Waals surface area contributed by atoms with Crippen molar-refractivity contribution in [3.63, 3.8) is 0 Å². The van der Waals surface area contributed by atoms with Crippen LogP contribution in [0.4, 0.5) is 5.69 Å². The summed E-state index contributed by atoms with van der Waals surface area (Å²) in [5.74, 6) is 0. The van der Waals surface area contributed by atoms with Gasteiger partial charge in [-0.15, -0.1) is 11.3 Å². The molecule has 1 aliphatic heterocycles. The molecule has 0 fully saturated rings. The van der Waals surface area contributed by atoms with Crippen molar-refractivity contribution in [1.82, 2.24) is 4.90 Å². The molecule has 0 saturated carbocycles. The molecule has 1 aromatic heterocycles. The van der Waals surface area contributed by atoms with Crippen LogP contribution in [0.2, 0.25) is 0 Å². The molecule has 1 atom stereocenters. The number of fused-ring (bicyclic) bond motifs is 1. The number of hydrogen-bond acceptors (Lipinski definition) is 3. The maximum atomic E-state index is 3.45. The first-order valence-corrected chi connectivity index (χ1v) is 7.71. The van der Waals surface area contributed by atoms with Gasteiger partial charge in [-0.1, -0.05) is 18.2 Å². The summed E-state index contributed by atoms with van der Waals surface area (Å²) in [6.45, 7) is 4.35. The Bertz CT molecular complexity index is 548. The van der Waals surface area contributed by atoms with E-state index in [4.69, 9.17) is 0 Å². The third kappa shape index (κ3) is 2.67. The quantitative estimate of drug-likeness (QED) is 0.908. The topological polar surface area (TPSA) is 15.3 Å². The van der Waals surface area contributed by atoms with E-state index in [-0.39, 0.29) is 0 Å². The van der Waals surface area contributed by atoms with Gasteiger partial charge in [-0.05, 0) is 49.0 Å². The molecule has 0 saturated heterocycles. The normalized spacial score (nSPS) is 15.3. The van der Waals surface area contributed by atoms with Crippen LogP contribution < -0.4 is 5.32 Å². The zero-order chi connectivity index (χ0) is 13.2. The maximum absolute atomic E-state index is 3.45. The molecule has 3 heteroatoms. The SMILES string of the molecule is CC(c1cccs1)N(C)Cc1ccc2c(c1)NCC2. The third-order valence-corrected chi connectivity index (χ3v) is 4.97. The predicted octanol–water partition coefficient (Wildman–Crippen LogP) is 3.91. The molecule has 2 aromatic rings. The number of rotatable bonds is 4. The molecule has 1 unspecified atom stereocenters. The Morgan fingerprint density at radius 3 is 3.05 bits per heavy atom. The van der Waals surface area contributed by atoms with Crippen molar-refractivity contribution >= 4 is 17.0 Å². The van der Waals surface area contributed by atoms with Gasteiger partial charge in [0.15, 0.2) is 0 Å². The van der Waals surface area contributed by atoms with Gasteiger partial charge in [0.1, 0.15) is 0 Å². The van der Waals surface area contributed by atoms with Gasteiger partial charge in [-0.2, -0.15) is 0 Å². The van der Waals surface area contributed by atoms with Crippen LogP contribution in [0.15, 0.2) is 35.7 Å². The van der Waals surface area contributed by atoms with Gasteiger partial charge >= 0.3 is 0 Å². The van der Waals surface area contributed by atoms with Crippen LogP contribution in [0, 0.1) is 0 Å². The lowest BCUT2D eigenvalue weighted by atomic mass is 10.1. The summed E-state index contributed by atoms with van der Waals surface area (Å²) < 4.78 is 0. The minimum atomic E-state index is 0.473. The molecule has 0 aliphatic carbocycles. The minimum absolute atomic E-state index is 0.473. The Balaban J connectivity index is 1.71. The minimum Gasteiger partial charge on any atom is -0.384 e. The van der Waals surface area contributed by atoms with E-state index < -0.39 is 0 Å². The monoisotopic (exact) mass is 272 g/mol. The Morgan fingerprint density at radius 2 is 2.26 bits per heavy atom. The molecule has 0 bridgehead atoms. The van der Waals surface area contributed by atoms with Crippen molar-refractivity contribution in [2.45, 2.75) is 25.9 Å². The lowest BCUT2D eigenvalue weighted by Gasteiger charge is -2.24. The highest BCUT2D eigenvalue weighted by molar-refractivity contribution is 7.10. The second-order valence-electron chi connectivity index (χ2n) is 5.27. The number of nitrogens with one attached hydrogen (secondary N) is 1. The van der Waals surface area contributed by atoms with Crippen LogP contribution in [0.25, 0.3) is 0 Å². The number of anilines is 1. The highest BCUT2D eigenvalue weighted by Gasteiger charge is 2.14. The molecule has 1 aromatic carbocycles. The Kier molecular flexibility index (Phi) is 3.58. The summed E-state index contributed by atoms with van der Waals surface area (Å²) in [4.78, 5) is 3.84. The van der Waals surface area contributed by atoms with E-state index in [2.05, 4.69) is 59.9 Å². The number of benzene rings is 1. The van der Waals surface area contributed by atoms with Gasteiger partial charge in [0.2, 0.25) is 0 Å². The predicted molar refractivity (Wildman–Crippen MR) is 82.8 cm³/mol. The number of thiophene rings is 1. The van der Waals surface area contributed by atoms with Crippen molar-refractivity contribution in [2.75, 3.05) is 18.9 Å². The average Bonchev–Trinajstić information content (AvgIpc) is 3.08. The van der Waals surface area contributed by atoms with E-state index in [1.165, 1.54) is 21.7 Å². The van der Waals surface area contributed by atoms with E-state index in [1.807, 2.05) is 11.3 Å². The summed E-state index contributed by atoms with van der Waals surface area (Å²) in [5.41, 5.74) is 4.17. The smallest absolute Gasteiger partial charge is 0.0413 e. The molecule has 0 spiro atoms. The Labute approximate surface area is 119 Å². The van der Waals surface area contributed by atoms with Crippen LogP contribution in [0.5, 0.6) is 0 Å². The van der Waals surface area contributed by atoms with Gasteiger partial charge in [-0.3, -0.25) is 4.90 Å². The molecule has 100 valence electrons. The zero-order valence-corrected chi connectivity index (χ0v) is 12.3. The fourth-order valence-electron chi connectivity index (χ4n) is 2.61. The van der Waals surface area contributed by atoms with Crippen molar-refractivity contribution in [3.05, 3.63) is 51.7 Å². The van der Waals surface area contributed by atoms with Crippen molar-refractivity contribution in [3.8, 4) is 0 Å². The van der Waals surface area contributed by atoms with E-state index in [0.29, 0.717) is 6.04 Å². The van der Waals surface area contributed by atoms with Crippen LogP contribution in [-0.2, 0) is 13.0 Å². The second-order valence-corrected chi connectivity index (χ2v) is 6.25. The summed E-state index contributed by atoms with van der Waals surface area (Å²) in [5, 5.41) is 5.61. The first kappa shape index (κ1) is 12.7. The van der Waals surface area contributed by atoms with E-state index in [1.54, 1.807) is 0 Å². The first-order chi connectivity index (χ1) is 9.24. The average molecular weight is 272 g/mol. The Morgan fingerprint density at radius 1 is 1.37 bits per heavy atom. The summed E-state index contributed by atoms with van der Waals surface area (Å²) in [6.07, 6.45) is 1.16. The summed E-state index contributed by atoms with van der Waals surface area (Å²) >= 11 is 1.84. The van der Waals surface area contributed by atoms with Gasteiger partial charge in [0.05, 0.1) is 0 Å². The highest BCUT2D eigenvalue weighted by Crippen LogP contribution is 2.27. The molecule has 0 amide bonds. The lowest BCUT2D eigenvalue weighted by molar-refractivity contribution is 0.256. The molecular weight excluding hydrogens is 252 g/mol. The summed E-state index contributed by atoms with van der Waals surface area (Å²) in [7, 11) is 2.20. The standard InChI is InChI=1S/C16H20N2S/c1-12(16-4-3-9-19-16)18(2)11-13-5-6-14-7-8-17-15(14)10-13/h3-6,9-10,12,17H,7-8,11H2,1-2H3. The van der Waals surface area contributed by atoms with Crippen LogP contribution in [0.1, 0.15) is 29.0 Å². The number of nitrogens with zero attached hydrogens (tertiary/aromatic N) is 1. The first-order valence-electron chi connectivity index (χ1n) is 6.83. The number of hydrogen-bond donors (Lipinski definition) is 1. The van der Waals surface area contributed by atoms with Crippen LogP contribution in [0.3, 0.4) is 0 Å². The maximum Gasteiger partial charge on any atom is 0.0413 e. The van der Waals surface area contributed by atoms with Crippen molar-refractivity contribution in [2.24, 2.45) is 0 Å². The largest absolute Gasteiger partial charge is 0.384 e. The van der Waals surface area contributed by atoms with E-state index >= 15 is 0 Å². The molecule has 1 aliphatic rings. The lowest BCUT2D eigenvalue weighted by Crippen LogP contribution is -2.21. The molecule has 0 radical (unpaired) electrons. The van der Waals surface area contributed by atoms with Crippen molar-refractivity contribution < 1.29 is 0 Å². The fraction of sp³-hybridized carbons (Fsp3) is 0.375. The van der Waals surface area contributed by atoms with Gasteiger partial charge in [-0.25, -0.2) is 0 Å². The van der Waals surface area contributed by atoms with E-state index in [0.717, 1.165) is 19.5 Å². The third-order valence-electron chi connectivity index (χ3n) is 3.93. The highest BCUT2D eigenvalue weighted by atomic mass is 32.1. The van der Waals surface area contributed by atoms with Gasteiger partial charge in [0, 0.05) is 29.7 Å². The molecule has 3 rings (SSSR count).